The Bertz CT molecular complexity index is 662. The van der Waals surface area contributed by atoms with Gasteiger partial charge in [-0.2, -0.15) is 0 Å². The van der Waals surface area contributed by atoms with Gasteiger partial charge >= 0.3 is 0 Å². The fourth-order valence-electron chi connectivity index (χ4n) is 2.01. The molecule has 0 aliphatic rings. The maximum Gasteiger partial charge on any atom is 0.255 e. The molecule has 0 unspecified atom stereocenters. The number of benzene rings is 2. The number of hydrogen-bond donors (Lipinski definition) is 0. The molecule has 0 saturated carbocycles. The average molecular weight is 418 g/mol. The van der Waals surface area contributed by atoms with Gasteiger partial charge in [0, 0.05) is 21.7 Å². The van der Waals surface area contributed by atoms with E-state index in [2.05, 4.69) is 22.6 Å². The van der Waals surface area contributed by atoms with Crippen LogP contribution < -0.4 is 0 Å². The summed E-state index contributed by atoms with van der Waals surface area (Å²) in [5.41, 5.74) is 1.34. The van der Waals surface area contributed by atoms with Gasteiger partial charge in [-0.3, -0.25) is 4.79 Å². The minimum atomic E-state index is -0.298. The molecule has 2 nitrogen and oxygen atoms in total. The predicted octanol–water partition coefficient (Wildman–Crippen LogP) is 4.75. The minimum Gasteiger partial charge on any atom is -0.335 e. The molecule has 0 atom stereocenters. The summed E-state index contributed by atoms with van der Waals surface area (Å²) in [6.07, 6.45) is 0. The Hall–Kier alpha value is -1.14. The summed E-state index contributed by atoms with van der Waals surface area (Å²) in [7, 11) is 0. The third-order valence-electron chi connectivity index (χ3n) is 3.09. The zero-order chi connectivity index (χ0) is 15.4. The van der Waals surface area contributed by atoms with E-state index in [1.165, 1.54) is 12.1 Å². The lowest BCUT2D eigenvalue weighted by atomic mass is 10.1. The molecule has 0 N–H and O–H groups in total. The molecular weight excluding hydrogens is 404 g/mol. The summed E-state index contributed by atoms with van der Waals surface area (Å²) in [5, 5.41) is 0.528. The molecule has 0 radical (unpaired) electrons. The molecule has 1 amide bonds. The van der Waals surface area contributed by atoms with Gasteiger partial charge < -0.3 is 4.90 Å². The number of carbonyl (C=O) groups excluding carboxylic acids is 1. The molecule has 2 aromatic rings. The Labute approximate surface area is 142 Å². The third-order valence-corrected chi connectivity index (χ3v) is 4.27. The van der Waals surface area contributed by atoms with Crippen LogP contribution in [-0.2, 0) is 6.54 Å². The Balaban J connectivity index is 2.24. The summed E-state index contributed by atoms with van der Waals surface area (Å²) in [6.45, 7) is 2.81. The fourth-order valence-corrected chi connectivity index (χ4v) is 2.75. The van der Waals surface area contributed by atoms with Gasteiger partial charge in [0.1, 0.15) is 5.82 Å². The second kappa shape index (κ2) is 7.22. The van der Waals surface area contributed by atoms with Gasteiger partial charge in [0.15, 0.2) is 0 Å². The van der Waals surface area contributed by atoms with E-state index in [1.807, 2.05) is 19.1 Å². The summed E-state index contributed by atoms with van der Waals surface area (Å²) in [5.74, 6) is -0.401. The van der Waals surface area contributed by atoms with E-state index in [0.717, 1.165) is 9.13 Å². The van der Waals surface area contributed by atoms with Gasteiger partial charge in [-0.05, 0) is 65.4 Å². The topological polar surface area (TPSA) is 20.3 Å². The number of nitrogens with zero attached hydrogens (tertiary/aromatic N) is 1. The minimum absolute atomic E-state index is 0.103. The first-order valence-corrected chi connectivity index (χ1v) is 7.95. The average Bonchev–Trinajstić information content (AvgIpc) is 2.46. The van der Waals surface area contributed by atoms with Gasteiger partial charge in [0.05, 0.1) is 5.56 Å². The Morgan fingerprint density at radius 2 is 2.05 bits per heavy atom. The highest BCUT2D eigenvalue weighted by molar-refractivity contribution is 14.1. The van der Waals surface area contributed by atoms with E-state index in [4.69, 9.17) is 11.6 Å². The van der Waals surface area contributed by atoms with Crippen LogP contribution in [0.3, 0.4) is 0 Å². The molecule has 110 valence electrons. The molecule has 0 aliphatic heterocycles. The van der Waals surface area contributed by atoms with E-state index in [9.17, 15) is 9.18 Å². The van der Waals surface area contributed by atoms with Gasteiger partial charge in [-0.1, -0.05) is 23.7 Å². The second-order valence-electron chi connectivity index (χ2n) is 4.57. The molecule has 0 aromatic heterocycles. The number of carbonyl (C=O) groups is 1. The van der Waals surface area contributed by atoms with Crippen molar-refractivity contribution in [2.75, 3.05) is 6.54 Å². The van der Waals surface area contributed by atoms with E-state index in [-0.39, 0.29) is 11.7 Å². The lowest BCUT2D eigenvalue weighted by Gasteiger charge is -2.22. The Morgan fingerprint density at radius 1 is 1.29 bits per heavy atom. The largest absolute Gasteiger partial charge is 0.335 e. The zero-order valence-corrected chi connectivity index (χ0v) is 14.4. The van der Waals surface area contributed by atoms with Crippen LogP contribution in [0.5, 0.6) is 0 Å². The van der Waals surface area contributed by atoms with Gasteiger partial charge in [-0.15, -0.1) is 0 Å². The van der Waals surface area contributed by atoms with E-state index < -0.39 is 0 Å². The standard InChI is InChI=1S/C16H14ClFINO/c1-2-20(10-11-4-3-5-13(18)8-11)16(21)14-9-12(17)6-7-15(14)19/h3-9H,2,10H2,1H3. The molecule has 0 bridgehead atoms. The zero-order valence-electron chi connectivity index (χ0n) is 11.4. The third kappa shape index (κ3) is 4.17. The van der Waals surface area contributed by atoms with Crippen molar-refractivity contribution in [2.45, 2.75) is 13.5 Å². The van der Waals surface area contributed by atoms with Crippen LogP contribution in [-0.4, -0.2) is 17.4 Å². The van der Waals surface area contributed by atoms with Gasteiger partial charge in [-0.25, -0.2) is 4.39 Å². The smallest absolute Gasteiger partial charge is 0.255 e. The molecule has 2 rings (SSSR count). The maximum absolute atomic E-state index is 13.2. The summed E-state index contributed by atoms with van der Waals surface area (Å²) in [4.78, 5) is 14.3. The van der Waals surface area contributed by atoms with Crippen LogP contribution in [0.15, 0.2) is 42.5 Å². The van der Waals surface area contributed by atoms with Crippen molar-refractivity contribution in [3.8, 4) is 0 Å². The fraction of sp³-hybridized carbons (Fsp3) is 0.188. The van der Waals surface area contributed by atoms with Gasteiger partial charge in [0.25, 0.3) is 5.91 Å². The molecule has 21 heavy (non-hydrogen) atoms. The lowest BCUT2D eigenvalue weighted by Crippen LogP contribution is -2.30. The molecule has 5 heteroatoms. The molecule has 2 aromatic carbocycles. The monoisotopic (exact) mass is 417 g/mol. The quantitative estimate of drug-likeness (QED) is 0.658. The lowest BCUT2D eigenvalue weighted by molar-refractivity contribution is 0.0751. The molecule has 0 saturated heterocycles. The number of amides is 1. The first kappa shape index (κ1) is 16.2. The molecule has 0 aliphatic carbocycles. The van der Waals surface area contributed by atoms with Crippen LogP contribution >= 0.6 is 34.2 Å². The molecule has 0 spiro atoms. The van der Waals surface area contributed by atoms with Crippen LogP contribution in [0.25, 0.3) is 0 Å². The van der Waals surface area contributed by atoms with E-state index >= 15 is 0 Å². The summed E-state index contributed by atoms with van der Waals surface area (Å²) < 4.78 is 14.1. The predicted molar refractivity (Wildman–Crippen MR) is 91.0 cm³/mol. The SMILES string of the molecule is CCN(Cc1cccc(F)c1)C(=O)c1cc(Cl)ccc1I. The second-order valence-corrected chi connectivity index (χ2v) is 6.17. The highest BCUT2D eigenvalue weighted by Crippen LogP contribution is 2.20. The number of halogens is 3. The maximum atomic E-state index is 13.2. The normalized spacial score (nSPS) is 10.5. The number of hydrogen-bond acceptors (Lipinski definition) is 1. The van der Waals surface area contributed by atoms with Crippen molar-refractivity contribution >= 4 is 40.1 Å². The van der Waals surface area contributed by atoms with Crippen LogP contribution in [0, 0.1) is 9.39 Å². The van der Waals surface area contributed by atoms with E-state index in [0.29, 0.717) is 23.7 Å². The van der Waals surface area contributed by atoms with Gasteiger partial charge in [0.2, 0.25) is 0 Å². The summed E-state index contributed by atoms with van der Waals surface area (Å²) in [6, 6.07) is 11.5. The highest BCUT2D eigenvalue weighted by Gasteiger charge is 2.17. The van der Waals surface area contributed by atoms with Crippen LogP contribution in [0.1, 0.15) is 22.8 Å². The molecular formula is C16H14ClFINO. The molecule has 0 heterocycles. The Morgan fingerprint density at radius 3 is 2.71 bits per heavy atom. The van der Waals surface area contributed by atoms with Crippen molar-refractivity contribution < 1.29 is 9.18 Å². The first-order chi connectivity index (χ1) is 10.0. The van der Waals surface area contributed by atoms with Crippen LogP contribution in [0.2, 0.25) is 5.02 Å². The van der Waals surface area contributed by atoms with E-state index in [1.54, 1.807) is 23.1 Å². The highest BCUT2D eigenvalue weighted by atomic mass is 127. The van der Waals surface area contributed by atoms with Crippen molar-refractivity contribution in [1.82, 2.24) is 4.90 Å². The molecule has 0 fully saturated rings. The van der Waals surface area contributed by atoms with Crippen molar-refractivity contribution in [1.29, 1.82) is 0 Å². The van der Waals surface area contributed by atoms with Crippen molar-refractivity contribution in [3.63, 3.8) is 0 Å². The Kier molecular flexibility index (Phi) is 5.58. The van der Waals surface area contributed by atoms with Crippen LogP contribution in [0.4, 0.5) is 4.39 Å². The van der Waals surface area contributed by atoms with Crippen molar-refractivity contribution in [3.05, 3.63) is 68.0 Å². The number of rotatable bonds is 4. The summed E-state index contributed by atoms with van der Waals surface area (Å²) >= 11 is 8.08. The first-order valence-electron chi connectivity index (χ1n) is 6.50. The van der Waals surface area contributed by atoms with Crippen molar-refractivity contribution in [2.24, 2.45) is 0 Å².